The van der Waals surface area contributed by atoms with Gasteiger partial charge in [-0.15, -0.1) is 6.42 Å². The molecule has 1 aromatic rings. The molecular formula is C11H9BF3O2-. The largest absolute Gasteiger partial charge is 0.482 e. The van der Waals surface area contributed by atoms with Gasteiger partial charge in [0.15, 0.2) is 0 Å². The van der Waals surface area contributed by atoms with Gasteiger partial charge < -0.3 is 18.1 Å². The van der Waals surface area contributed by atoms with Crippen molar-refractivity contribution in [2.24, 2.45) is 0 Å². The number of hydrogen-bond acceptors (Lipinski definition) is 1. The first-order valence-electron chi connectivity index (χ1n) is 4.79. The van der Waals surface area contributed by atoms with Crippen molar-refractivity contribution >= 4 is 12.9 Å². The van der Waals surface area contributed by atoms with Gasteiger partial charge in [-0.3, -0.25) is 0 Å². The fraction of sp³-hybridized carbons (Fsp3) is 0.182. The number of carboxylic acid groups (broad SMARTS) is 1. The molecule has 1 rings (SSSR count). The van der Waals surface area contributed by atoms with E-state index in [1.165, 1.54) is 13.0 Å². The van der Waals surface area contributed by atoms with Gasteiger partial charge in [-0.05, 0) is 24.6 Å². The van der Waals surface area contributed by atoms with Crippen molar-refractivity contribution in [1.29, 1.82) is 0 Å². The van der Waals surface area contributed by atoms with Gasteiger partial charge in [0, 0.05) is 5.56 Å². The lowest BCUT2D eigenvalue weighted by atomic mass is 9.80. The summed E-state index contributed by atoms with van der Waals surface area (Å²) in [6.45, 7) is -3.54. The molecule has 0 amide bonds. The van der Waals surface area contributed by atoms with Crippen LogP contribution in [0.3, 0.4) is 0 Å². The summed E-state index contributed by atoms with van der Waals surface area (Å²) < 4.78 is 36.8. The Morgan fingerprint density at radius 1 is 1.47 bits per heavy atom. The standard InChI is InChI=1S/C11H9BF3O2/c1-3-9-4-8(6-12(13,14)15)5-10(7(9)2)11(16)17/h1,4-5H,6H2,2H3,(H,16,17)/q-1. The summed E-state index contributed by atoms with van der Waals surface area (Å²) in [7, 11) is 0. The van der Waals surface area contributed by atoms with Gasteiger partial charge in [0.2, 0.25) is 0 Å². The van der Waals surface area contributed by atoms with Crippen LogP contribution in [0.15, 0.2) is 12.1 Å². The van der Waals surface area contributed by atoms with Crippen LogP contribution in [0.4, 0.5) is 12.9 Å². The van der Waals surface area contributed by atoms with Crippen LogP contribution < -0.4 is 0 Å². The summed E-state index contributed by atoms with van der Waals surface area (Å²) in [5.74, 6) is 0.911. The highest BCUT2D eigenvalue weighted by Gasteiger charge is 2.24. The summed E-state index contributed by atoms with van der Waals surface area (Å²) in [4.78, 5) is 10.9. The first kappa shape index (κ1) is 13.2. The van der Waals surface area contributed by atoms with E-state index < -0.39 is 19.3 Å². The third-order valence-corrected chi connectivity index (χ3v) is 2.32. The Hall–Kier alpha value is -1.90. The Bertz CT molecular complexity index is 501. The van der Waals surface area contributed by atoms with Crippen LogP contribution in [0.5, 0.6) is 0 Å². The van der Waals surface area contributed by atoms with Gasteiger partial charge in [0.05, 0.1) is 5.56 Å². The molecular weight excluding hydrogens is 232 g/mol. The summed E-state index contributed by atoms with van der Waals surface area (Å²) >= 11 is 0. The maximum Gasteiger partial charge on any atom is 0.482 e. The molecule has 0 bridgehead atoms. The van der Waals surface area contributed by atoms with E-state index in [0.29, 0.717) is 5.56 Å². The lowest BCUT2D eigenvalue weighted by molar-refractivity contribution is 0.0696. The number of halogens is 3. The second-order valence-corrected chi connectivity index (χ2v) is 3.68. The van der Waals surface area contributed by atoms with Crippen molar-refractivity contribution in [3.05, 3.63) is 34.4 Å². The van der Waals surface area contributed by atoms with Crippen molar-refractivity contribution in [3.63, 3.8) is 0 Å². The summed E-state index contributed by atoms with van der Waals surface area (Å²) in [6.07, 6.45) is 4.00. The quantitative estimate of drug-likeness (QED) is 0.652. The van der Waals surface area contributed by atoms with Crippen LogP contribution in [-0.4, -0.2) is 18.1 Å². The van der Waals surface area contributed by atoms with Crippen molar-refractivity contribution in [1.82, 2.24) is 0 Å². The molecule has 6 heteroatoms. The minimum absolute atomic E-state index is 0.117. The van der Waals surface area contributed by atoms with E-state index >= 15 is 0 Å². The lowest BCUT2D eigenvalue weighted by Crippen LogP contribution is -2.20. The summed E-state index contributed by atoms with van der Waals surface area (Å²) in [5.41, 5.74) is 0.183. The molecule has 0 heterocycles. The predicted molar refractivity (Wildman–Crippen MR) is 58.9 cm³/mol. The Labute approximate surface area is 96.5 Å². The average molecular weight is 241 g/mol. The fourth-order valence-corrected chi connectivity index (χ4v) is 1.53. The van der Waals surface area contributed by atoms with Gasteiger partial charge in [0.1, 0.15) is 0 Å². The predicted octanol–water partition coefficient (Wildman–Crippen LogP) is 2.60. The fourth-order valence-electron chi connectivity index (χ4n) is 1.53. The molecule has 0 atom stereocenters. The Kier molecular flexibility index (Phi) is 3.52. The lowest BCUT2D eigenvalue weighted by Gasteiger charge is -2.15. The molecule has 90 valence electrons. The number of benzene rings is 1. The van der Waals surface area contributed by atoms with E-state index in [1.54, 1.807) is 0 Å². The van der Waals surface area contributed by atoms with Crippen molar-refractivity contribution in [2.75, 3.05) is 0 Å². The summed E-state index contributed by atoms with van der Waals surface area (Å²) in [5, 5.41) is 8.86. The Balaban J connectivity index is 3.32. The molecule has 0 aliphatic carbocycles. The van der Waals surface area contributed by atoms with Gasteiger partial charge in [-0.25, -0.2) is 4.79 Å². The molecule has 0 saturated heterocycles. The first-order chi connectivity index (χ1) is 7.74. The van der Waals surface area contributed by atoms with Crippen molar-refractivity contribution in [2.45, 2.75) is 13.2 Å². The zero-order valence-corrected chi connectivity index (χ0v) is 9.01. The molecule has 1 aromatic carbocycles. The molecule has 0 aromatic heterocycles. The number of rotatable bonds is 3. The first-order valence-corrected chi connectivity index (χ1v) is 4.79. The molecule has 0 radical (unpaired) electrons. The number of hydrogen-bond donors (Lipinski definition) is 1. The highest BCUT2D eigenvalue weighted by molar-refractivity contribution is 6.57. The minimum atomic E-state index is -5.01. The average Bonchev–Trinajstić information content (AvgIpc) is 2.17. The zero-order chi connectivity index (χ0) is 13.2. The normalized spacial score (nSPS) is 11.0. The number of carboxylic acids is 1. The third-order valence-electron chi connectivity index (χ3n) is 2.32. The van der Waals surface area contributed by atoms with Crippen LogP contribution in [-0.2, 0) is 6.32 Å². The number of aromatic carboxylic acids is 1. The van der Waals surface area contributed by atoms with Crippen LogP contribution in [0, 0.1) is 19.3 Å². The molecule has 1 N–H and O–H groups in total. The second kappa shape index (κ2) is 4.54. The van der Waals surface area contributed by atoms with E-state index in [4.69, 9.17) is 11.5 Å². The smallest absolute Gasteiger partial charge is 0.478 e. The van der Waals surface area contributed by atoms with E-state index in [-0.39, 0.29) is 16.7 Å². The van der Waals surface area contributed by atoms with Gasteiger partial charge in [-0.2, -0.15) is 0 Å². The van der Waals surface area contributed by atoms with E-state index in [1.807, 2.05) is 0 Å². The molecule has 2 nitrogen and oxygen atoms in total. The van der Waals surface area contributed by atoms with Crippen LogP contribution in [0.2, 0.25) is 0 Å². The molecule has 0 saturated carbocycles. The molecule has 0 aliphatic heterocycles. The van der Waals surface area contributed by atoms with E-state index in [9.17, 15) is 17.7 Å². The van der Waals surface area contributed by atoms with Crippen LogP contribution in [0.1, 0.15) is 27.0 Å². The summed E-state index contributed by atoms with van der Waals surface area (Å²) in [6, 6.07) is 2.23. The van der Waals surface area contributed by atoms with Crippen LogP contribution >= 0.6 is 0 Å². The monoisotopic (exact) mass is 241 g/mol. The number of carbonyl (C=O) groups is 1. The van der Waals surface area contributed by atoms with Crippen LogP contribution in [0.25, 0.3) is 0 Å². The van der Waals surface area contributed by atoms with Gasteiger partial charge in [-0.1, -0.05) is 17.8 Å². The third kappa shape index (κ3) is 3.28. The van der Waals surface area contributed by atoms with E-state index in [2.05, 4.69) is 5.92 Å². The molecule has 17 heavy (non-hydrogen) atoms. The highest BCUT2D eigenvalue weighted by Crippen LogP contribution is 2.21. The topological polar surface area (TPSA) is 37.3 Å². The highest BCUT2D eigenvalue weighted by atomic mass is 19.4. The van der Waals surface area contributed by atoms with Gasteiger partial charge >= 0.3 is 12.9 Å². The SMILES string of the molecule is C#Cc1cc(C[B-](F)(F)F)cc(C(=O)O)c1C. The molecule has 0 fully saturated rings. The second-order valence-electron chi connectivity index (χ2n) is 3.68. The zero-order valence-electron chi connectivity index (χ0n) is 9.01. The van der Waals surface area contributed by atoms with E-state index in [0.717, 1.165) is 6.07 Å². The minimum Gasteiger partial charge on any atom is -0.478 e. The Morgan fingerprint density at radius 3 is 2.47 bits per heavy atom. The molecule has 0 spiro atoms. The van der Waals surface area contributed by atoms with Crippen molar-refractivity contribution in [3.8, 4) is 12.3 Å². The maximum absolute atomic E-state index is 12.3. The number of terminal acetylenes is 1. The molecule has 0 unspecified atom stereocenters. The Morgan fingerprint density at radius 2 is 2.06 bits per heavy atom. The molecule has 0 aliphatic rings. The van der Waals surface area contributed by atoms with Gasteiger partial charge in [0.25, 0.3) is 0 Å². The van der Waals surface area contributed by atoms with Crippen molar-refractivity contribution < 1.29 is 22.8 Å². The maximum atomic E-state index is 12.3.